The normalized spacial score (nSPS) is 18.9. The molecule has 1 aromatic rings. The highest BCUT2D eigenvalue weighted by atomic mass is 16.5. The predicted molar refractivity (Wildman–Crippen MR) is 62.1 cm³/mol. The van der Waals surface area contributed by atoms with Crippen molar-refractivity contribution in [2.45, 2.75) is 25.3 Å². The van der Waals surface area contributed by atoms with Crippen molar-refractivity contribution in [2.24, 2.45) is 0 Å². The Kier molecular flexibility index (Phi) is 3.08. The van der Waals surface area contributed by atoms with Gasteiger partial charge >= 0.3 is 0 Å². The molecule has 0 aliphatic carbocycles. The van der Waals surface area contributed by atoms with Crippen LogP contribution in [-0.2, 0) is 10.2 Å². The maximum atomic E-state index is 5.38. The molecule has 1 heterocycles. The average molecular weight is 205 g/mol. The lowest BCUT2D eigenvalue weighted by Crippen LogP contribution is -2.54. The van der Waals surface area contributed by atoms with Crippen LogP contribution < -0.4 is 5.32 Å². The van der Waals surface area contributed by atoms with Gasteiger partial charge in [0, 0.05) is 12.6 Å². The molecule has 82 valence electrons. The Bertz CT molecular complexity index is 304. The summed E-state index contributed by atoms with van der Waals surface area (Å²) in [6.07, 6.45) is 0. The Balaban J connectivity index is 2.08. The Labute approximate surface area is 91.6 Å². The number of benzene rings is 1. The number of rotatable bonds is 4. The summed E-state index contributed by atoms with van der Waals surface area (Å²) < 4.78 is 5.38. The minimum Gasteiger partial charge on any atom is -0.379 e. The molecule has 0 radical (unpaired) electrons. The van der Waals surface area contributed by atoms with Crippen LogP contribution in [0.3, 0.4) is 0 Å². The predicted octanol–water partition coefficient (Wildman–Crippen LogP) is 1.95. The molecule has 0 atom stereocenters. The van der Waals surface area contributed by atoms with Crippen molar-refractivity contribution < 1.29 is 4.74 Å². The van der Waals surface area contributed by atoms with E-state index < -0.39 is 0 Å². The van der Waals surface area contributed by atoms with E-state index in [1.807, 2.05) is 0 Å². The third kappa shape index (κ3) is 2.21. The van der Waals surface area contributed by atoms with Crippen LogP contribution in [0, 0.1) is 0 Å². The first-order valence-corrected chi connectivity index (χ1v) is 5.60. The second-order valence-electron chi connectivity index (χ2n) is 4.67. The van der Waals surface area contributed by atoms with E-state index in [0.717, 1.165) is 19.8 Å². The van der Waals surface area contributed by atoms with Crippen LogP contribution in [0.5, 0.6) is 0 Å². The molecule has 0 saturated carbocycles. The van der Waals surface area contributed by atoms with Crippen molar-refractivity contribution in [1.29, 1.82) is 0 Å². The molecule has 15 heavy (non-hydrogen) atoms. The number of hydrogen-bond donors (Lipinski definition) is 1. The Morgan fingerprint density at radius 2 is 1.93 bits per heavy atom. The fourth-order valence-electron chi connectivity index (χ4n) is 1.91. The lowest BCUT2D eigenvalue weighted by Gasteiger charge is -2.42. The monoisotopic (exact) mass is 205 g/mol. The van der Waals surface area contributed by atoms with Gasteiger partial charge in [-0.05, 0) is 5.56 Å². The van der Waals surface area contributed by atoms with Crippen LogP contribution in [0.2, 0.25) is 0 Å². The maximum absolute atomic E-state index is 5.38. The van der Waals surface area contributed by atoms with Gasteiger partial charge in [-0.2, -0.15) is 0 Å². The number of ether oxygens (including phenoxy) is 1. The second-order valence-corrected chi connectivity index (χ2v) is 4.67. The smallest absolute Gasteiger partial charge is 0.0598 e. The van der Waals surface area contributed by atoms with Gasteiger partial charge in [-0.25, -0.2) is 0 Å². The third-order valence-electron chi connectivity index (χ3n) is 2.99. The van der Waals surface area contributed by atoms with Crippen molar-refractivity contribution in [3.05, 3.63) is 35.9 Å². The van der Waals surface area contributed by atoms with E-state index >= 15 is 0 Å². The molecule has 0 aromatic heterocycles. The topological polar surface area (TPSA) is 21.3 Å². The first kappa shape index (κ1) is 10.7. The molecule has 1 aliphatic rings. The lowest BCUT2D eigenvalue weighted by atomic mass is 9.78. The van der Waals surface area contributed by atoms with Gasteiger partial charge in [-0.3, -0.25) is 0 Å². The molecular formula is C13H19NO. The Morgan fingerprint density at radius 1 is 1.27 bits per heavy atom. The molecular weight excluding hydrogens is 186 g/mol. The van der Waals surface area contributed by atoms with E-state index in [1.54, 1.807) is 0 Å². The molecule has 0 spiro atoms. The van der Waals surface area contributed by atoms with Crippen LogP contribution in [0.15, 0.2) is 30.3 Å². The third-order valence-corrected chi connectivity index (χ3v) is 2.99. The van der Waals surface area contributed by atoms with E-state index in [1.165, 1.54) is 5.56 Å². The highest BCUT2D eigenvalue weighted by molar-refractivity contribution is 5.28. The van der Waals surface area contributed by atoms with Crippen molar-refractivity contribution in [2.75, 3.05) is 19.8 Å². The molecule has 0 bridgehead atoms. The van der Waals surface area contributed by atoms with Gasteiger partial charge in [-0.15, -0.1) is 0 Å². The van der Waals surface area contributed by atoms with Gasteiger partial charge in [0.05, 0.1) is 18.6 Å². The molecule has 2 nitrogen and oxygen atoms in total. The molecule has 0 unspecified atom stereocenters. The van der Waals surface area contributed by atoms with Crippen LogP contribution in [0.1, 0.15) is 19.4 Å². The highest BCUT2D eigenvalue weighted by Crippen LogP contribution is 2.31. The first-order chi connectivity index (χ1) is 7.23. The summed E-state index contributed by atoms with van der Waals surface area (Å²) in [5.41, 5.74) is 1.61. The van der Waals surface area contributed by atoms with E-state index in [4.69, 9.17) is 4.74 Å². The van der Waals surface area contributed by atoms with E-state index in [9.17, 15) is 0 Å². The van der Waals surface area contributed by atoms with Gasteiger partial charge in [-0.1, -0.05) is 44.2 Å². The minimum absolute atomic E-state index is 0.214. The average Bonchev–Trinajstić information content (AvgIpc) is 2.17. The summed E-state index contributed by atoms with van der Waals surface area (Å²) in [5, 5.41) is 3.51. The maximum Gasteiger partial charge on any atom is 0.0598 e. The van der Waals surface area contributed by atoms with Crippen molar-refractivity contribution in [3.8, 4) is 0 Å². The molecule has 1 N–H and O–H groups in total. The van der Waals surface area contributed by atoms with Crippen LogP contribution in [0.4, 0.5) is 0 Å². The molecule has 1 saturated heterocycles. The molecule has 1 fully saturated rings. The van der Waals surface area contributed by atoms with Crippen molar-refractivity contribution in [3.63, 3.8) is 0 Å². The first-order valence-electron chi connectivity index (χ1n) is 5.60. The fourth-order valence-corrected chi connectivity index (χ4v) is 1.91. The van der Waals surface area contributed by atoms with Gasteiger partial charge in [0.1, 0.15) is 0 Å². The summed E-state index contributed by atoms with van der Waals surface area (Å²) >= 11 is 0. The zero-order valence-electron chi connectivity index (χ0n) is 9.49. The lowest BCUT2D eigenvalue weighted by molar-refractivity contribution is -0.0597. The van der Waals surface area contributed by atoms with Gasteiger partial charge in [0.25, 0.3) is 0 Å². The largest absolute Gasteiger partial charge is 0.379 e. The quantitative estimate of drug-likeness (QED) is 0.811. The van der Waals surface area contributed by atoms with Gasteiger partial charge in [0.15, 0.2) is 0 Å². The summed E-state index contributed by atoms with van der Waals surface area (Å²) in [6.45, 7) is 7.05. The van der Waals surface area contributed by atoms with Crippen molar-refractivity contribution >= 4 is 0 Å². The van der Waals surface area contributed by atoms with Crippen molar-refractivity contribution in [1.82, 2.24) is 5.32 Å². The number of nitrogens with one attached hydrogen (secondary N) is 1. The fraction of sp³-hybridized carbons (Fsp3) is 0.538. The Morgan fingerprint density at radius 3 is 2.40 bits per heavy atom. The van der Waals surface area contributed by atoms with Crippen LogP contribution >= 0.6 is 0 Å². The van der Waals surface area contributed by atoms with Gasteiger partial charge < -0.3 is 10.1 Å². The molecule has 0 amide bonds. The summed E-state index contributed by atoms with van der Waals surface area (Å²) in [4.78, 5) is 0. The molecule has 1 aromatic carbocycles. The minimum atomic E-state index is 0.214. The van der Waals surface area contributed by atoms with Gasteiger partial charge in [0.2, 0.25) is 0 Å². The van der Waals surface area contributed by atoms with Crippen LogP contribution in [-0.4, -0.2) is 25.8 Å². The zero-order chi connectivity index (χ0) is 10.7. The molecule has 2 heteroatoms. The number of hydrogen-bond acceptors (Lipinski definition) is 2. The second kappa shape index (κ2) is 4.33. The molecule has 2 rings (SSSR count). The SMILES string of the molecule is CC(C)NCC1(c2ccccc2)COC1. The van der Waals surface area contributed by atoms with E-state index in [2.05, 4.69) is 49.5 Å². The highest BCUT2D eigenvalue weighted by Gasteiger charge is 2.39. The summed E-state index contributed by atoms with van der Waals surface area (Å²) in [5.74, 6) is 0. The molecule has 1 aliphatic heterocycles. The summed E-state index contributed by atoms with van der Waals surface area (Å²) in [6, 6.07) is 11.2. The Hall–Kier alpha value is -0.860. The van der Waals surface area contributed by atoms with E-state index in [0.29, 0.717) is 6.04 Å². The summed E-state index contributed by atoms with van der Waals surface area (Å²) in [7, 11) is 0. The zero-order valence-corrected chi connectivity index (χ0v) is 9.49. The van der Waals surface area contributed by atoms with Crippen LogP contribution in [0.25, 0.3) is 0 Å². The van der Waals surface area contributed by atoms with E-state index in [-0.39, 0.29) is 5.41 Å². The standard InChI is InChI=1S/C13H19NO/c1-11(2)14-8-13(9-15-10-13)12-6-4-3-5-7-12/h3-7,11,14H,8-10H2,1-2H3.